The molecule has 0 saturated heterocycles. The van der Waals surface area contributed by atoms with E-state index in [-0.39, 0.29) is 11.8 Å². The Morgan fingerprint density at radius 1 is 1.40 bits per heavy atom. The van der Waals surface area contributed by atoms with Gasteiger partial charge in [-0.05, 0) is 24.5 Å². The summed E-state index contributed by atoms with van der Waals surface area (Å²) in [4.78, 5) is 0. The molecule has 15 heavy (non-hydrogen) atoms. The minimum Gasteiger partial charge on any atom is -0.507 e. The van der Waals surface area contributed by atoms with Crippen molar-refractivity contribution in [2.45, 2.75) is 26.3 Å². The fourth-order valence-electron chi connectivity index (χ4n) is 1.71. The SMILES string of the molecule is COc1cccc(O)c1[C@@H](N)CC(C)C. The number of ether oxygens (including phenoxy) is 1. The summed E-state index contributed by atoms with van der Waals surface area (Å²) in [5.41, 5.74) is 6.74. The van der Waals surface area contributed by atoms with Crippen LogP contribution in [-0.2, 0) is 0 Å². The summed E-state index contributed by atoms with van der Waals surface area (Å²) in [6.07, 6.45) is 0.827. The Balaban J connectivity index is 3.00. The fraction of sp³-hybridized carbons (Fsp3) is 0.500. The summed E-state index contributed by atoms with van der Waals surface area (Å²) < 4.78 is 5.19. The Bertz CT molecular complexity index is 323. The molecule has 0 aliphatic heterocycles. The van der Waals surface area contributed by atoms with Gasteiger partial charge in [-0.15, -0.1) is 0 Å². The monoisotopic (exact) mass is 209 g/mol. The molecule has 84 valence electrons. The molecule has 0 aliphatic rings. The van der Waals surface area contributed by atoms with Crippen molar-refractivity contribution >= 4 is 0 Å². The summed E-state index contributed by atoms with van der Waals surface area (Å²) >= 11 is 0. The average molecular weight is 209 g/mol. The number of phenols is 1. The van der Waals surface area contributed by atoms with Gasteiger partial charge in [0.1, 0.15) is 11.5 Å². The Labute approximate surface area is 90.9 Å². The van der Waals surface area contributed by atoms with Crippen molar-refractivity contribution < 1.29 is 9.84 Å². The van der Waals surface area contributed by atoms with E-state index in [9.17, 15) is 5.11 Å². The number of benzene rings is 1. The molecule has 0 heterocycles. The Morgan fingerprint density at radius 3 is 2.60 bits per heavy atom. The lowest BCUT2D eigenvalue weighted by molar-refractivity contribution is 0.385. The number of methoxy groups -OCH3 is 1. The van der Waals surface area contributed by atoms with E-state index in [1.807, 2.05) is 6.07 Å². The van der Waals surface area contributed by atoms with Crippen LogP contribution in [0.5, 0.6) is 11.5 Å². The van der Waals surface area contributed by atoms with Crippen molar-refractivity contribution in [2.24, 2.45) is 11.7 Å². The fourth-order valence-corrected chi connectivity index (χ4v) is 1.71. The lowest BCUT2D eigenvalue weighted by Gasteiger charge is -2.18. The van der Waals surface area contributed by atoms with Crippen LogP contribution in [0, 0.1) is 5.92 Å². The van der Waals surface area contributed by atoms with Crippen LogP contribution >= 0.6 is 0 Å². The summed E-state index contributed by atoms with van der Waals surface area (Å²) in [5.74, 6) is 1.36. The van der Waals surface area contributed by atoms with Gasteiger partial charge in [-0.2, -0.15) is 0 Å². The molecule has 1 atom stereocenters. The highest BCUT2D eigenvalue weighted by Crippen LogP contribution is 2.34. The topological polar surface area (TPSA) is 55.5 Å². The zero-order chi connectivity index (χ0) is 11.4. The molecule has 0 radical (unpaired) electrons. The van der Waals surface area contributed by atoms with Crippen molar-refractivity contribution in [3.05, 3.63) is 23.8 Å². The van der Waals surface area contributed by atoms with E-state index in [2.05, 4.69) is 13.8 Å². The highest BCUT2D eigenvalue weighted by molar-refractivity contribution is 5.45. The number of hydrogen-bond donors (Lipinski definition) is 2. The van der Waals surface area contributed by atoms with Crippen molar-refractivity contribution in [1.82, 2.24) is 0 Å². The maximum absolute atomic E-state index is 9.75. The molecule has 0 bridgehead atoms. The third-order valence-electron chi connectivity index (χ3n) is 2.36. The first-order valence-electron chi connectivity index (χ1n) is 5.17. The first-order valence-corrected chi connectivity index (χ1v) is 5.17. The van der Waals surface area contributed by atoms with E-state index >= 15 is 0 Å². The molecule has 3 N–H and O–H groups in total. The molecule has 0 aliphatic carbocycles. The zero-order valence-electron chi connectivity index (χ0n) is 9.53. The molecule has 0 saturated carbocycles. The van der Waals surface area contributed by atoms with Crippen molar-refractivity contribution in [2.75, 3.05) is 7.11 Å². The maximum Gasteiger partial charge on any atom is 0.127 e. The number of phenolic OH excluding ortho intramolecular Hbond substituents is 1. The molecule has 1 aromatic carbocycles. The number of nitrogens with two attached hydrogens (primary N) is 1. The molecule has 3 nitrogen and oxygen atoms in total. The molecule has 0 aromatic heterocycles. The summed E-state index contributed by atoms with van der Waals surface area (Å²) in [6.45, 7) is 4.21. The third-order valence-corrected chi connectivity index (χ3v) is 2.36. The van der Waals surface area contributed by atoms with Crippen LogP contribution in [0.15, 0.2) is 18.2 Å². The third kappa shape index (κ3) is 2.86. The average Bonchev–Trinajstić information content (AvgIpc) is 2.15. The van der Waals surface area contributed by atoms with Crippen LogP contribution in [0.3, 0.4) is 0 Å². The Morgan fingerprint density at radius 2 is 2.07 bits per heavy atom. The molecule has 0 spiro atoms. The van der Waals surface area contributed by atoms with Gasteiger partial charge >= 0.3 is 0 Å². The van der Waals surface area contributed by atoms with Gasteiger partial charge in [-0.25, -0.2) is 0 Å². The van der Waals surface area contributed by atoms with Crippen molar-refractivity contribution in [1.29, 1.82) is 0 Å². The predicted octanol–water partition coefficient (Wildman–Crippen LogP) is 2.45. The highest BCUT2D eigenvalue weighted by atomic mass is 16.5. The number of hydrogen-bond acceptors (Lipinski definition) is 3. The van der Waals surface area contributed by atoms with Gasteiger partial charge in [0.25, 0.3) is 0 Å². The zero-order valence-corrected chi connectivity index (χ0v) is 9.53. The molecular formula is C12H19NO2. The molecule has 0 amide bonds. The second-order valence-corrected chi connectivity index (χ2v) is 4.13. The van der Waals surface area contributed by atoms with Crippen LogP contribution in [0.1, 0.15) is 31.9 Å². The molecule has 3 heteroatoms. The minimum atomic E-state index is -0.179. The lowest BCUT2D eigenvalue weighted by atomic mass is 9.96. The van der Waals surface area contributed by atoms with Crippen molar-refractivity contribution in [3.63, 3.8) is 0 Å². The van der Waals surface area contributed by atoms with Crippen molar-refractivity contribution in [3.8, 4) is 11.5 Å². The highest BCUT2D eigenvalue weighted by Gasteiger charge is 2.17. The van der Waals surface area contributed by atoms with E-state index in [0.717, 1.165) is 6.42 Å². The van der Waals surface area contributed by atoms with Gasteiger partial charge in [0.15, 0.2) is 0 Å². The van der Waals surface area contributed by atoms with Gasteiger partial charge in [-0.1, -0.05) is 19.9 Å². The standard InChI is InChI=1S/C12H19NO2/c1-8(2)7-9(13)12-10(14)5-4-6-11(12)15-3/h4-6,8-9,14H,7,13H2,1-3H3/t9-/m0/s1. The quantitative estimate of drug-likeness (QED) is 0.800. The van der Waals surface area contributed by atoms with Crippen LogP contribution in [0.4, 0.5) is 0 Å². The summed E-state index contributed by atoms with van der Waals surface area (Å²) in [6, 6.07) is 5.02. The Kier molecular flexibility index (Phi) is 3.97. The number of aromatic hydroxyl groups is 1. The first kappa shape index (κ1) is 11.9. The summed E-state index contributed by atoms with van der Waals surface area (Å²) in [5, 5.41) is 9.75. The maximum atomic E-state index is 9.75. The Hall–Kier alpha value is -1.22. The van der Waals surface area contributed by atoms with Crippen LogP contribution in [0.2, 0.25) is 0 Å². The van der Waals surface area contributed by atoms with E-state index in [1.165, 1.54) is 0 Å². The van der Waals surface area contributed by atoms with Crippen LogP contribution in [-0.4, -0.2) is 12.2 Å². The van der Waals surface area contributed by atoms with Gasteiger partial charge < -0.3 is 15.6 Å². The van der Waals surface area contributed by atoms with E-state index in [0.29, 0.717) is 17.2 Å². The number of rotatable bonds is 4. The smallest absolute Gasteiger partial charge is 0.127 e. The van der Waals surface area contributed by atoms with E-state index < -0.39 is 0 Å². The second-order valence-electron chi connectivity index (χ2n) is 4.13. The van der Waals surface area contributed by atoms with Gasteiger partial charge in [-0.3, -0.25) is 0 Å². The minimum absolute atomic E-state index is 0.179. The second kappa shape index (κ2) is 5.03. The molecule has 0 fully saturated rings. The largest absolute Gasteiger partial charge is 0.507 e. The molecule has 1 aromatic rings. The van der Waals surface area contributed by atoms with E-state index in [4.69, 9.17) is 10.5 Å². The van der Waals surface area contributed by atoms with E-state index in [1.54, 1.807) is 19.2 Å². The first-order chi connectivity index (χ1) is 7.06. The molecule has 0 unspecified atom stereocenters. The molecule has 1 rings (SSSR count). The van der Waals surface area contributed by atoms with Gasteiger partial charge in [0, 0.05) is 6.04 Å². The predicted molar refractivity (Wildman–Crippen MR) is 61.0 cm³/mol. The molecular weight excluding hydrogens is 190 g/mol. The van der Waals surface area contributed by atoms with Crippen LogP contribution < -0.4 is 10.5 Å². The lowest BCUT2D eigenvalue weighted by Crippen LogP contribution is -2.14. The normalized spacial score (nSPS) is 12.9. The summed E-state index contributed by atoms with van der Waals surface area (Å²) in [7, 11) is 1.58. The van der Waals surface area contributed by atoms with Gasteiger partial charge in [0.05, 0.1) is 12.7 Å². The van der Waals surface area contributed by atoms with Crippen LogP contribution in [0.25, 0.3) is 0 Å². The van der Waals surface area contributed by atoms with Gasteiger partial charge in [0.2, 0.25) is 0 Å².